The molecule has 0 aliphatic heterocycles. The highest BCUT2D eigenvalue weighted by molar-refractivity contribution is 7.19. The van der Waals surface area contributed by atoms with E-state index in [4.69, 9.17) is 11.6 Å². The van der Waals surface area contributed by atoms with Crippen LogP contribution in [0.3, 0.4) is 0 Å². The summed E-state index contributed by atoms with van der Waals surface area (Å²) in [6, 6.07) is 2.00. The first-order valence-electron chi connectivity index (χ1n) is 4.73. The Bertz CT molecular complexity index is 531. The summed E-state index contributed by atoms with van der Waals surface area (Å²) in [5, 5.41) is 1.47. The fourth-order valence-corrected chi connectivity index (χ4v) is 2.57. The van der Waals surface area contributed by atoms with Gasteiger partial charge in [-0.3, -0.25) is 0 Å². The fourth-order valence-electron chi connectivity index (χ4n) is 1.30. The minimum absolute atomic E-state index is 0.542. The first kappa shape index (κ1) is 10.6. The quantitative estimate of drug-likeness (QED) is 0.741. The normalized spacial score (nSPS) is 10.9. The van der Waals surface area contributed by atoms with E-state index in [-0.39, 0.29) is 0 Å². The zero-order chi connectivity index (χ0) is 11.0. The summed E-state index contributed by atoms with van der Waals surface area (Å²) in [7, 11) is 0. The van der Waals surface area contributed by atoms with Crippen LogP contribution in [0.2, 0.25) is 5.15 Å². The van der Waals surface area contributed by atoms with Crippen LogP contribution in [-0.4, -0.2) is 9.97 Å². The third-order valence-corrected chi connectivity index (χ3v) is 3.61. The minimum Gasteiger partial charge on any atom is -0.222 e. The molecule has 0 N–H and O–H groups in total. The maximum absolute atomic E-state index is 6.08. The standard InChI is InChI=1S/C11H11ClN2S/c1-4-9-13-10(12)7-5-8(6(2)3)15-11(7)14-9/h5H,2,4H2,1,3H3. The molecule has 0 fully saturated rings. The van der Waals surface area contributed by atoms with Crippen molar-refractivity contribution in [3.63, 3.8) is 0 Å². The summed E-state index contributed by atoms with van der Waals surface area (Å²) in [6.45, 7) is 7.91. The number of hydrogen-bond donors (Lipinski definition) is 0. The molecule has 0 spiro atoms. The predicted octanol–water partition coefficient (Wildman–Crippen LogP) is 3.94. The Kier molecular flexibility index (Phi) is 2.76. The van der Waals surface area contributed by atoms with Gasteiger partial charge in [0.05, 0.1) is 0 Å². The van der Waals surface area contributed by atoms with Gasteiger partial charge in [0, 0.05) is 16.7 Å². The lowest BCUT2D eigenvalue weighted by molar-refractivity contribution is 0.965. The molecular formula is C11H11ClN2S. The van der Waals surface area contributed by atoms with E-state index in [2.05, 4.69) is 16.5 Å². The van der Waals surface area contributed by atoms with E-state index in [0.29, 0.717) is 5.15 Å². The molecule has 0 aliphatic carbocycles. The number of thiophene rings is 1. The molecule has 15 heavy (non-hydrogen) atoms. The molecule has 0 amide bonds. The lowest BCUT2D eigenvalue weighted by Crippen LogP contribution is -1.91. The topological polar surface area (TPSA) is 25.8 Å². The molecule has 0 radical (unpaired) electrons. The third-order valence-electron chi connectivity index (χ3n) is 2.13. The number of nitrogens with zero attached hydrogens (tertiary/aromatic N) is 2. The van der Waals surface area contributed by atoms with E-state index in [9.17, 15) is 0 Å². The van der Waals surface area contributed by atoms with Crippen molar-refractivity contribution in [2.24, 2.45) is 0 Å². The second-order valence-corrected chi connectivity index (χ2v) is 4.78. The molecule has 0 saturated carbocycles. The van der Waals surface area contributed by atoms with Crippen LogP contribution >= 0.6 is 22.9 Å². The molecule has 2 nitrogen and oxygen atoms in total. The monoisotopic (exact) mass is 238 g/mol. The van der Waals surface area contributed by atoms with Gasteiger partial charge in [-0.15, -0.1) is 11.3 Å². The van der Waals surface area contributed by atoms with Crippen LogP contribution in [0.25, 0.3) is 15.8 Å². The Morgan fingerprint density at radius 2 is 2.27 bits per heavy atom. The van der Waals surface area contributed by atoms with Gasteiger partial charge in [-0.25, -0.2) is 9.97 Å². The third kappa shape index (κ3) is 1.90. The van der Waals surface area contributed by atoms with Crippen molar-refractivity contribution >= 4 is 38.7 Å². The van der Waals surface area contributed by atoms with Crippen molar-refractivity contribution < 1.29 is 0 Å². The van der Waals surface area contributed by atoms with E-state index in [0.717, 1.165) is 32.9 Å². The van der Waals surface area contributed by atoms with Crippen molar-refractivity contribution in [1.29, 1.82) is 0 Å². The Labute approximate surface area is 97.6 Å². The Morgan fingerprint density at radius 3 is 2.87 bits per heavy atom. The van der Waals surface area contributed by atoms with Crippen molar-refractivity contribution in [1.82, 2.24) is 9.97 Å². The van der Waals surface area contributed by atoms with Gasteiger partial charge in [-0.1, -0.05) is 25.1 Å². The van der Waals surface area contributed by atoms with Crippen LogP contribution in [0.15, 0.2) is 12.6 Å². The number of allylic oxidation sites excluding steroid dienone is 1. The number of aromatic nitrogens is 2. The molecule has 0 aromatic carbocycles. The van der Waals surface area contributed by atoms with Gasteiger partial charge in [-0.05, 0) is 18.6 Å². The van der Waals surface area contributed by atoms with Crippen LogP contribution in [0.4, 0.5) is 0 Å². The Balaban J connectivity index is 2.69. The lowest BCUT2D eigenvalue weighted by Gasteiger charge is -1.96. The number of halogens is 1. The minimum atomic E-state index is 0.542. The van der Waals surface area contributed by atoms with Crippen molar-refractivity contribution in [3.8, 4) is 0 Å². The first-order valence-corrected chi connectivity index (χ1v) is 5.93. The summed E-state index contributed by atoms with van der Waals surface area (Å²) < 4.78 is 0. The molecule has 4 heteroatoms. The smallest absolute Gasteiger partial charge is 0.141 e. The van der Waals surface area contributed by atoms with E-state index < -0.39 is 0 Å². The zero-order valence-corrected chi connectivity index (χ0v) is 10.2. The van der Waals surface area contributed by atoms with E-state index in [1.54, 1.807) is 11.3 Å². The van der Waals surface area contributed by atoms with Crippen LogP contribution in [0.5, 0.6) is 0 Å². The molecule has 2 aromatic rings. The molecule has 0 bridgehead atoms. The van der Waals surface area contributed by atoms with Gasteiger partial charge in [-0.2, -0.15) is 0 Å². The van der Waals surface area contributed by atoms with Crippen molar-refractivity contribution in [2.75, 3.05) is 0 Å². The van der Waals surface area contributed by atoms with Gasteiger partial charge < -0.3 is 0 Å². The summed E-state index contributed by atoms with van der Waals surface area (Å²) >= 11 is 7.70. The van der Waals surface area contributed by atoms with Crippen molar-refractivity contribution in [3.05, 3.63) is 28.5 Å². The largest absolute Gasteiger partial charge is 0.222 e. The van der Waals surface area contributed by atoms with Gasteiger partial charge in [0.15, 0.2) is 0 Å². The van der Waals surface area contributed by atoms with Gasteiger partial charge >= 0.3 is 0 Å². The second-order valence-electron chi connectivity index (χ2n) is 3.39. The van der Waals surface area contributed by atoms with E-state index in [1.807, 2.05) is 19.9 Å². The summed E-state index contributed by atoms with van der Waals surface area (Å²) in [5.74, 6) is 0.794. The number of fused-ring (bicyclic) bond motifs is 1. The van der Waals surface area contributed by atoms with Gasteiger partial charge in [0.25, 0.3) is 0 Å². The maximum atomic E-state index is 6.08. The summed E-state index contributed by atoms with van der Waals surface area (Å²) in [5.41, 5.74) is 1.03. The van der Waals surface area contributed by atoms with Crippen molar-refractivity contribution in [2.45, 2.75) is 20.3 Å². The summed E-state index contributed by atoms with van der Waals surface area (Å²) in [6.07, 6.45) is 0.802. The molecule has 0 unspecified atom stereocenters. The average Bonchev–Trinajstić information content (AvgIpc) is 2.61. The molecule has 2 aromatic heterocycles. The SMILES string of the molecule is C=C(C)c1cc2c(Cl)nc(CC)nc2s1. The molecule has 0 aliphatic rings. The van der Waals surface area contributed by atoms with Crippen LogP contribution in [0, 0.1) is 0 Å². The van der Waals surface area contributed by atoms with E-state index in [1.165, 1.54) is 0 Å². The highest BCUT2D eigenvalue weighted by Crippen LogP contribution is 2.31. The number of rotatable bonds is 2. The van der Waals surface area contributed by atoms with Crippen LogP contribution in [-0.2, 0) is 6.42 Å². The Hall–Kier alpha value is -0.930. The predicted molar refractivity (Wildman–Crippen MR) is 66.5 cm³/mol. The molecule has 2 rings (SSSR count). The van der Waals surface area contributed by atoms with E-state index >= 15 is 0 Å². The number of hydrogen-bond acceptors (Lipinski definition) is 3. The maximum Gasteiger partial charge on any atom is 0.141 e. The Morgan fingerprint density at radius 1 is 1.53 bits per heavy atom. The number of aryl methyl sites for hydroxylation is 1. The van der Waals surface area contributed by atoms with Crippen LogP contribution in [0.1, 0.15) is 24.5 Å². The molecule has 0 atom stereocenters. The second kappa shape index (κ2) is 3.91. The molecular weight excluding hydrogens is 228 g/mol. The molecule has 2 heterocycles. The van der Waals surface area contributed by atoms with Gasteiger partial charge in [0.1, 0.15) is 15.8 Å². The van der Waals surface area contributed by atoms with Crippen LogP contribution < -0.4 is 0 Å². The molecule has 0 saturated heterocycles. The zero-order valence-electron chi connectivity index (χ0n) is 8.67. The lowest BCUT2D eigenvalue weighted by atomic mass is 10.2. The average molecular weight is 239 g/mol. The highest BCUT2D eigenvalue weighted by atomic mass is 35.5. The fraction of sp³-hybridized carbons (Fsp3) is 0.273. The highest BCUT2D eigenvalue weighted by Gasteiger charge is 2.09. The first-order chi connectivity index (χ1) is 7.11. The molecule has 78 valence electrons. The van der Waals surface area contributed by atoms with Gasteiger partial charge in [0.2, 0.25) is 0 Å². The summed E-state index contributed by atoms with van der Waals surface area (Å²) in [4.78, 5) is 10.7.